The molecule has 0 saturated carbocycles. The number of nitrogens with one attached hydrogen (secondary N) is 1. The highest BCUT2D eigenvalue weighted by Gasteiger charge is 2.19. The predicted octanol–water partition coefficient (Wildman–Crippen LogP) is 4.24. The molecule has 136 valence electrons. The number of para-hydroxylation sites is 2. The maximum Gasteiger partial charge on any atom is 0.255 e. The Balaban J connectivity index is 1.70. The topological polar surface area (TPSA) is 58.6 Å². The van der Waals surface area contributed by atoms with Crippen LogP contribution in [0.3, 0.4) is 0 Å². The number of ether oxygens (including phenoxy) is 1. The third kappa shape index (κ3) is 4.23. The first-order chi connectivity index (χ1) is 12.7. The number of nitrogens with zero attached hydrogens (tertiary/aromatic N) is 1. The molecule has 2 aromatic carbocycles. The second-order valence-corrected chi connectivity index (χ2v) is 6.35. The normalized spacial score (nSPS) is 14.2. The Morgan fingerprint density at radius 3 is 2.62 bits per heavy atom. The number of hydrogen-bond acceptors (Lipinski definition) is 3. The van der Waals surface area contributed by atoms with E-state index in [1.807, 2.05) is 43.3 Å². The summed E-state index contributed by atoms with van der Waals surface area (Å²) >= 11 is 0. The van der Waals surface area contributed by atoms with Crippen molar-refractivity contribution in [1.29, 1.82) is 0 Å². The van der Waals surface area contributed by atoms with Crippen molar-refractivity contribution in [3.8, 4) is 5.75 Å². The highest BCUT2D eigenvalue weighted by molar-refractivity contribution is 6.05. The van der Waals surface area contributed by atoms with E-state index < -0.39 is 0 Å². The minimum absolute atomic E-state index is 0.149. The van der Waals surface area contributed by atoms with E-state index in [2.05, 4.69) is 5.32 Å². The number of carbonyl (C=O) groups excluding carboxylic acids is 2. The Morgan fingerprint density at radius 1 is 1.12 bits per heavy atom. The molecule has 5 nitrogen and oxygen atoms in total. The summed E-state index contributed by atoms with van der Waals surface area (Å²) < 4.78 is 5.67. The minimum Gasteiger partial charge on any atom is -0.491 e. The molecule has 2 amide bonds. The van der Waals surface area contributed by atoms with Crippen molar-refractivity contribution >= 4 is 23.2 Å². The van der Waals surface area contributed by atoms with Crippen molar-refractivity contribution in [2.45, 2.75) is 32.6 Å². The molecule has 5 heteroatoms. The average Bonchev–Trinajstić information content (AvgIpc) is 2.68. The van der Waals surface area contributed by atoms with Crippen LogP contribution in [0.15, 0.2) is 48.5 Å². The molecule has 0 aromatic heterocycles. The molecule has 3 rings (SSSR count). The molecule has 26 heavy (non-hydrogen) atoms. The zero-order valence-electron chi connectivity index (χ0n) is 15.0. The molecule has 2 aromatic rings. The van der Waals surface area contributed by atoms with Gasteiger partial charge >= 0.3 is 0 Å². The summed E-state index contributed by atoms with van der Waals surface area (Å²) in [6.45, 7) is 3.38. The number of amides is 2. The molecule has 1 aliphatic heterocycles. The molecule has 0 atom stereocenters. The Kier molecular flexibility index (Phi) is 5.89. The Morgan fingerprint density at radius 2 is 1.88 bits per heavy atom. The third-order valence-corrected chi connectivity index (χ3v) is 4.36. The van der Waals surface area contributed by atoms with Crippen molar-refractivity contribution in [2.75, 3.05) is 23.4 Å². The maximum absolute atomic E-state index is 12.5. The molecular formula is C21H24N2O3. The molecule has 0 spiro atoms. The molecule has 1 aliphatic rings. The van der Waals surface area contributed by atoms with Crippen LogP contribution < -0.4 is 15.0 Å². The summed E-state index contributed by atoms with van der Waals surface area (Å²) in [6, 6.07) is 14.6. The van der Waals surface area contributed by atoms with Gasteiger partial charge in [0, 0.05) is 24.2 Å². The first kappa shape index (κ1) is 18.0. The van der Waals surface area contributed by atoms with Crippen LogP contribution in [0.4, 0.5) is 11.4 Å². The second kappa shape index (κ2) is 8.52. The third-order valence-electron chi connectivity index (χ3n) is 4.36. The van der Waals surface area contributed by atoms with Gasteiger partial charge in [0.1, 0.15) is 5.75 Å². The minimum atomic E-state index is -0.200. The van der Waals surface area contributed by atoms with Crippen molar-refractivity contribution in [3.63, 3.8) is 0 Å². The van der Waals surface area contributed by atoms with E-state index in [1.54, 1.807) is 17.0 Å². The fourth-order valence-electron chi connectivity index (χ4n) is 2.97. The fourth-order valence-corrected chi connectivity index (χ4v) is 2.97. The van der Waals surface area contributed by atoms with Crippen LogP contribution in [0.25, 0.3) is 0 Å². The van der Waals surface area contributed by atoms with Crippen LogP contribution in [-0.4, -0.2) is 25.0 Å². The summed E-state index contributed by atoms with van der Waals surface area (Å²) in [4.78, 5) is 26.3. The van der Waals surface area contributed by atoms with Crippen LogP contribution in [0.5, 0.6) is 5.75 Å². The molecular weight excluding hydrogens is 328 g/mol. The highest BCUT2D eigenvalue weighted by Crippen LogP contribution is 2.25. The number of anilines is 2. The molecule has 0 unspecified atom stereocenters. The smallest absolute Gasteiger partial charge is 0.255 e. The first-order valence-electron chi connectivity index (χ1n) is 9.12. The van der Waals surface area contributed by atoms with E-state index in [4.69, 9.17) is 4.74 Å². The summed E-state index contributed by atoms with van der Waals surface area (Å²) in [5.41, 5.74) is 2.04. The van der Waals surface area contributed by atoms with Gasteiger partial charge in [0.15, 0.2) is 0 Å². The summed E-state index contributed by atoms with van der Waals surface area (Å²) in [5, 5.41) is 2.90. The van der Waals surface area contributed by atoms with Crippen LogP contribution in [0.1, 0.15) is 43.0 Å². The highest BCUT2D eigenvalue weighted by atomic mass is 16.5. The summed E-state index contributed by atoms with van der Waals surface area (Å²) in [7, 11) is 0. The second-order valence-electron chi connectivity index (χ2n) is 6.35. The molecule has 0 bridgehead atoms. The number of carbonyl (C=O) groups is 2. The van der Waals surface area contributed by atoms with Gasteiger partial charge in [0.2, 0.25) is 5.91 Å². The van der Waals surface area contributed by atoms with E-state index in [0.717, 1.165) is 31.5 Å². The monoisotopic (exact) mass is 352 g/mol. The van der Waals surface area contributed by atoms with Gasteiger partial charge in [0.05, 0.1) is 12.3 Å². The lowest BCUT2D eigenvalue weighted by molar-refractivity contribution is -0.119. The van der Waals surface area contributed by atoms with Gasteiger partial charge in [-0.2, -0.15) is 0 Å². The van der Waals surface area contributed by atoms with Crippen LogP contribution in [0, 0.1) is 0 Å². The van der Waals surface area contributed by atoms with Gasteiger partial charge in [-0.25, -0.2) is 0 Å². The van der Waals surface area contributed by atoms with Crippen molar-refractivity contribution < 1.29 is 14.3 Å². The number of piperidine rings is 1. The van der Waals surface area contributed by atoms with Gasteiger partial charge < -0.3 is 15.0 Å². The molecule has 0 radical (unpaired) electrons. The van der Waals surface area contributed by atoms with E-state index in [-0.39, 0.29) is 11.8 Å². The van der Waals surface area contributed by atoms with Crippen LogP contribution >= 0.6 is 0 Å². The van der Waals surface area contributed by atoms with Crippen LogP contribution in [0.2, 0.25) is 0 Å². The molecule has 1 heterocycles. The predicted molar refractivity (Wildman–Crippen MR) is 103 cm³/mol. The molecule has 1 saturated heterocycles. The van der Waals surface area contributed by atoms with Gasteiger partial charge in [-0.15, -0.1) is 0 Å². The lowest BCUT2D eigenvalue weighted by atomic mass is 10.1. The van der Waals surface area contributed by atoms with E-state index in [0.29, 0.717) is 30.0 Å². The number of rotatable bonds is 6. The summed E-state index contributed by atoms with van der Waals surface area (Å²) in [6.07, 6.45) is 3.47. The van der Waals surface area contributed by atoms with E-state index in [1.165, 1.54) is 0 Å². The number of hydrogen-bond donors (Lipinski definition) is 1. The lowest BCUT2D eigenvalue weighted by Crippen LogP contribution is -2.35. The van der Waals surface area contributed by atoms with Gasteiger partial charge in [-0.3, -0.25) is 9.59 Å². The van der Waals surface area contributed by atoms with Crippen molar-refractivity contribution in [3.05, 3.63) is 54.1 Å². The average molecular weight is 352 g/mol. The Labute approximate surface area is 154 Å². The first-order valence-corrected chi connectivity index (χ1v) is 9.12. The molecule has 1 N–H and O–H groups in total. The van der Waals surface area contributed by atoms with Crippen LogP contribution in [-0.2, 0) is 4.79 Å². The zero-order chi connectivity index (χ0) is 18.4. The van der Waals surface area contributed by atoms with Gasteiger partial charge in [0.25, 0.3) is 5.91 Å². The van der Waals surface area contributed by atoms with Gasteiger partial charge in [-0.1, -0.05) is 19.1 Å². The zero-order valence-corrected chi connectivity index (χ0v) is 15.0. The standard InChI is InChI=1S/C21H24N2O3/c1-2-15-26-19-8-4-3-7-18(19)22-21(25)16-10-12-17(13-11-16)23-14-6-5-9-20(23)24/h3-4,7-8,10-13H,2,5-6,9,14-15H2,1H3,(H,22,25). The lowest BCUT2D eigenvalue weighted by Gasteiger charge is -2.26. The Hall–Kier alpha value is -2.82. The fraction of sp³-hybridized carbons (Fsp3) is 0.333. The quantitative estimate of drug-likeness (QED) is 0.846. The van der Waals surface area contributed by atoms with E-state index >= 15 is 0 Å². The van der Waals surface area contributed by atoms with Crippen molar-refractivity contribution in [2.24, 2.45) is 0 Å². The number of benzene rings is 2. The maximum atomic E-state index is 12.5. The largest absolute Gasteiger partial charge is 0.491 e. The molecule has 1 fully saturated rings. The van der Waals surface area contributed by atoms with Crippen molar-refractivity contribution in [1.82, 2.24) is 0 Å². The van der Waals surface area contributed by atoms with Gasteiger partial charge in [-0.05, 0) is 55.7 Å². The Bertz CT molecular complexity index is 771. The van der Waals surface area contributed by atoms with E-state index in [9.17, 15) is 9.59 Å². The SMILES string of the molecule is CCCOc1ccccc1NC(=O)c1ccc(N2CCCCC2=O)cc1. The molecule has 0 aliphatic carbocycles. The summed E-state index contributed by atoms with van der Waals surface area (Å²) in [5.74, 6) is 0.614.